The highest BCUT2D eigenvalue weighted by Crippen LogP contribution is 2.36. The maximum atomic E-state index is 11.4. The van der Waals surface area contributed by atoms with Gasteiger partial charge in [0, 0.05) is 17.5 Å². The Morgan fingerprint density at radius 2 is 2.26 bits per heavy atom. The van der Waals surface area contributed by atoms with Crippen LogP contribution in [0.3, 0.4) is 0 Å². The number of aromatic amines is 1. The van der Waals surface area contributed by atoms with Gasteiger partial charge in [0.1, 0.15) is 11.9 Å². The predicted octanol–water partition coefficient (Wildman–Crippen LogP) is 2.78. The summed E-state index contributed by atoms with van der Waals surface area (Å²) >= 11 is 0. The standard InChI is InChI=1S/C15H17NO3/c1-2-3-6-18-10-7-12(14-9-19-14)11-4-5-15(17)16-13(11)8-10/h4-5,7-8,14H,2-3,6,9H2,1H3,(H,16,17). The molecule has 0 amide bonds. The summed E-state index contributed by atoms with van der Waals surface area (Å²) in [5.74, 6) is 0.799. The van der Waals surface area contributed by atoms with Crippen molar-refractivity contribution in [3.05, 3.63) is 40.2 Å². The highest BCUT2D eigenvalue weighted by Gasteiger charge is 2.27. The van der Waals surface area contributed by atoms with Gasteiger partial charge < -0.3 is 14.5 Å². The molecule has 3 rings (SSSR count). The molecule has 1 aliphatic rings. The third-order valence-electron chi connectivity index (χ3n) is 3.29. The Kier molecular flexibility index (Phi) is 3.25. The molecule has 2 aromatic rings. The first kappa shape index (κ1) is 12.2. The molecule has 100 valence electrons. The second kappa shape index (κ2) is 5.05. The fourth-order valence-corrected chi connectivity index (χ4v) is 2.18. The summed E-state index contributed by atoms with van der Waals surface area (Å²) in [7, 11) is 0. The van der Waals surface area contributed by atoms with Crippen molar-refractivity contribution in [1.82, 2.24) is 4.98 Å². The molecule has 0 spiro atoms. The Morgan fingerprint density at radius 1 is 1.42 bits per heavy atom. The average Bonchev–Trinajstić information content (AvgIpc) is 3.22. The molecule has 4 nitrogen and oxygen atoms in total. The van der Waals surface area contributed by atoms with Crippen molar-refractivity contribution in [2.75, 3.05) is 13.2 Å². The Hall–Kier alpha value is -1.81. The number of ether oxygens (including phenoxy) is 2. The number of pyridine rings is 1. The van der Waals surface area contributed by atoms with E-state index in [1.165, 1.54) is 0 Å². The lowest BCUT2D eigenvalue weighted by Gasteiger charge is -2.10. The highest BCUT2D eigenvalue weighted by molar-refractivity contribution is 5.84. The predicted molar refractivity (Wildman–Crippen MR) is 73.7 cm³/mol. The molecule has 0 saturated carbocycles. The van der Waals surface area contributed by atoms with Gasteiger partial charge in [0.2, 0.25) is 5.56 Å². The van der Waals surface area contributed by atoms with Crippen molar-refractivity contribution in [2.45, 2.75) is 25.9 Å². The molecule has 19 heavy (non-hydrogen) atoms. The maximum Gasteiger partial charge on any atom is 0.248 e. The summed E-state index contributed by atoms with van der Waals surface area (Å²) in [6.45, 7) is 3.57. The first-order valence-corrected chi connectivity index (χ1v) is 6.69. The van der Waals surface area contributed by atoms with Crippen molar-refractivity contribution in [3.8, 4) is 5.75 Å². The molecule has 1 fully saturated rings. The summed E-state index contributed by atoms with van der Waals surface area (Å²) in [5, 5.41) is 1.03. The quantitative estimate of drug-likeness (QED) is 0.663. The number of unbranched alkanes of at least 4 members (excludes halogenated alkanes) is 1. The van der Waals surface area contributed by atoms with E-state index in [-0.39, 0.29) is 11.7 Å². The zero-order chi connectivity index (χ0) is 13.2. The van der Waals surface area contributed by atoms with Crippen LogP contribution in [0.4, 0.5) is 0 Å². The lowest BCUT2D eigenvalue weighted by atomic mass is 10.1. The van der Waals surface area contributed by atoms with Gasteiger partial charge in [-0.3, -0.25) is 4.79 Å². The molecular weight excluding hydrogens is 242 g/mol. The van der Waals surface area contributed by atoms with E-state index in [4.69, 9.17) is 9.47 Å². The van der Waals surface area contributed by atoms with Crippen LogP contribution in [0.25, 0.3) is 10.9 Å². The molecule has 1 N–H and O–H groups in total. The van der Waals surface area contributed by atoms with Gasteiger partial charge in [-0.1, -0.05) is 13.3 Å². The van der Waals surface area contributed by atoms with Gasteiger partial charge in [-0.25, -0.2) is 0 Å². The summed E-state index contributed by atoms with van der Waals surface area (Å²) in [5.41, 5.74) is 1.81. The lowest BCUT2D eigenvalue weighted by molar-refractivity contribution is 0.309. The van der Waals surface area contributed by atoms with Crippen LogP contribution in [-0.2, 0) is 4.74 Å². The maximum absolute atomic E-state index is 11.4. The van der Waals surface area contributed by atoms with E-state index in [2.05, 4.69) is 11.9 Å². The summed E-state index contributed by atoms with van der Waals surface area (Å²) in [6.07, 6.45) is 2.27. The zero-order valence-electron chi connectivity index (χ0n) is 10.9. The fraction of sp³-hybridized carbons (Fsp3) is 0.400. The average molecular weight is 259 g/mol. The Bertz CT molecular complexity index is 643. The molecule has 0 aliphatic carbocycles. The normalized spacial score (nSPS) is 17.6. The molecular formula is C15H17NO3. The smallest absolute Gasteiger partial charge is 0.248 e. The third-order valence-corrected chi connectivity index (χ3v) is 3.29. The van der Waals surface area contributed by atoms with Crippen LogP contribution in [0.15, 0.2) is 29.1 Å². The van der Waals surface area contributed by atoms with Gasteiger partial charge in [-0.2, -0.15) is 0 Å². The third kappa shape index (κ3) is 2.63. The Labute approximate surface area is 111 Å². The van der Waals surface area contributed by atoms with Gasteiger partial charge >= 0.3 is 0 Å². The minimum absolute atomic E-state index is 0.0964. The van der Waals surface area contributed by atoms with Gasteiger partial charge in [0.25, 0.3) is 0 Å². The summed E-state index contributed by atoms with van der Waals surface area (Å²) in [4.78, 5) is 14.3. The largest absolute Gasteiger partial charge is 0.494 e. The van der Waals surface area contributed by atoms with Crippen molar-refractivity contribution < 1.29 is 9.47 Å². The van der Waals surface area contributed by atoms with Crippen molar-refractivity contribution in [1.29, 1.82) is 0 Å². The van der Waals surface area contributed by atoms with Crippen molar-refractivity contribution in [3.63, 3.8) is 0 Å². The van der Waals surface area contributed by atoms with Gasteiger partial charge in [-0.05, 0) is 24.1 Å². The van der Waals surface area contributed by atoms with E-state index in [9.17, 15) is 4.79 Å². The van der Waals surface area contributed by atoms with E-state index < -0.39 is 0 Å². The number of hydrogen-bond donors (Lipinski definition) is 1. The molecule has 1 saturated heterocycles. The minimum atomic E-state index is -0.0964. The van der Waals surface area contributed by atoms with E-state index in [0.29, 0.717) is 6.61 Å². The number of nitrogens with one attached hydrogen (secondary N) is 1. The van der Waals surface area contributed by atoms with E-state index in [1.54, 1.807) is 6.07 Å². The molecule has 1 aromatic carbocycles. The van der Waals surface area contributed by atoms with Crippen LogP contribution < -0.4 is 10.3 Å². The van der Waals surface area contributed by atoms with Crippen molar-refractivity contribution in [2.24, 2.45) is 0 Å². The van der Waals surface area contributed by atoms with Crippen LogP contribution in [-0.4, -0.2) is 18.2 Å². The number of rotatable bonds is 5. The van der Waals surface area contributed by atoms with E-state index in [0.717, 1.165) is 41.7 Å². The van der Waals surface area contributed by atoms with Crippen LogP contribution >= 0.6 is 0 Å². The van der Waals surface area contributed by atoms with E-state index >= 15 is 0 Å². The Morgan fingerprint density at radius 3 is 3.00 bits per heavy atom. The molecule has 4 heteroatoms. The van der Waals surface area contributed by atoms with Crippen LogP contribution in [0.1, 0.15) is 31.4 Å². The summed E-state index contributed by atoms with van der Waals surface area (Å²) in [6, 6.07) is 7.30. The van der Waals surface area contributed by atoms with Crippen molar-refractivity contribution >= 4 is 10.9 Å². The second-order valence-corrected chi connectivity index (χ2v) is 4.82. The number of H-pyrrole nitrogens is 1. The molecule has 1 aliphatic heterocycles. The fourth-order valence-electron chi connectivity index (χ4n) is 2.18. The lowest BCUT2D eigenvalue weighted by Crippen LogP contribution is -2.04. The van der Waals surface area contributed by atoms with Gasteiger partial charge in [0.15, 0.2) is 0 Å². The van der Waals surface area contributed by atoms with Gasteiger partial charge in [-0.15, -0.1) is 0 Å². The number of benzene rings is 1. The monoisotopic (exact) mass is 259 g/mol. The number of hydrogen-bond acceptors (Lipinski definition) is 3. The molecule has 2 heterocycles. The van der Waals surface area contributed by atoms with Crippen LogP contribution in [0.5, 0.6) is 5.75 Å². The second-order valence-electron chi connectivity index (χ2n) is 4.82. The van der Waals surface area contributed by atoms with Crippen LogP contribution in [0, 0.1) is 0 Å². The topological polar surface area (TPSA) is 54.6 Å². The SMILES string of the molecule is CCCCOc1cc(C2CO2)c2ccc(=O)[nH]c2c1. The molecule has 0 radical (unpaired) electrons. The van der Waals surface area contributed by atoms with E-state index in [1.807, 2.05) is 18.2 Å². The molecule has 1 unspecified atom stereocenters. The summed E-state index contributed by atoms with van der Waals surface area (Å²) < 4.78 is 11.1. The van der Waals surface area contributed by atoms with Crippen LogP contribution in [0.2, 0.25) is 0 Å². The minimum Gasteiger partial charge on any atom is -0.494 e. The first-order valence-electron chi connectivity index (χ1n) is 6.69. The molecule has 1 atom stereocenters. The Balaban J connectivity index is 2.01. The molecule has 0 bridgehead atoms. The van der Waals surface area contributed by atoms with Gasteiger partial charge in [0.05, 0.1) is 18.7 Å². The first-order chi connectivity index (χ1) is 9.28. The number of aromatic nitrogens is 1. The number of epoxide rings is 1. The highest BCUT2D eigenvalue weighted by atomic mass is 16.6. The zero-order valence-corrected chi connectivity index (χ0v) is 10.9. The molecule has 1 aromatic heterocycles. The number of fused-ring (bicyclic) bond motifs is 1.